The second-order valence-corrected chi connectivity index (χ2v) is 6.71. The van der Waals surface area contributed by atoms with Crippen molar-refractivity contribution in [3.8, 4) is 0 Å². The number of thiophene rings is 1. The highest BCUT2D eigenvalue weighted by atomic mass is 32.2. The molecule has 0 saturated heterocycles. The summed E-state index contributed by atoms with van der Waals surface area (Å²) in [6.07, 6.45) is 0.555. The molecule has 0 fully saturated rings. The summed E-state index contributed by atoms with van der Waals surface area (Å²) in [5.74, 6) is -1.31. The summed E-state index contributed by atoms with van der Waals surface area (Å²) >= 11 is 1.11. The Hall–Kier alpha value is -0.960. The van der Waals surface area contributed by atoms with Crippen LogP contribution in [0.3, 0.4) is 0 Å². The number of carbonyl (C=O) groups is 1. The quantitative estimate of drug-likeness (QED) is 0.676. The van der Waals surface area contributed by atoms with Crippen LogP contribution in [0.5, 0.6) is 0 Å². The molecule has 102 valence electrons. The Morgan fingerprint density at radius 2 is 2.17 bits per heavy atom. The molecular weight excluding hydrogens is 278 g/mol. The standard InChI is InChI=1S/C10H15NO5S2/c1-2-7-3-4-9(17-7)18(15,16)11-8(5-6-12)10(13)14/h3-4,8,11-12H,2,5-6H2,1H3,(H,13,14). The van der Waals surface area contributed by atoms with Crippen molar-refractivity contribution in [2.24, 2.45) is 0 Å². The van der Waals surface area contributed by atoms with Crippen LogP contribution < -0.4 is 4.72 Å². The Labute approximate surface area is 109 Å². The van der Waals surface area contributed by atoms with E-state index in [1.54, 1.807) is 6.07 Å². The molecule has 1 atom stereocenters. The number of aryl methyl sites for hydroxylation is 1. The highest BCUT2D eigenvalue weighted by molar-refractivity contribution is 7.91. The summed E-state index contributed by atoms with van der Waals surface area (Å²) in [6, 6.07) is 1.83. The Kier molecular flexibility index (Phi) is 5.27. The number of hydrogen-bond donors (Lipinski definition) is 3. The number of hydrogen-bond acceptors (Lipinski definition) is 5. The molecule has 0 aliphatic carbocycles. The Morgan fingerprint density at radius 3 is 2.61 bits per heavy atom. The lowest BCUT2D eigenvalue weighted by Gasteiger charge is -2.12. The smallest absolute Gasteiger partial charge is 0.321 e. The van der Waals surface area contributed by atoms with Crippen LogP contribution in [0.15, 0.2) is 16.3 Å². The molecule has 1 aromatic heterocycles. The van der Waals surface area contributed by atoms with Crippen LogP contribution in [0, 0.1) is 0 Å². The van der Waals surface area contributed by atoms with Gasteiger partial charge in [0.2, 0.25) is 0 Å². The highest BCUT2D eigenvalue weighted by Gasteiger charge is 2.25. The van der Waals surface area contributed by atoms with Gasteiger partial charge >= 0.3 is 5.97 Å². The number of carboxylic acid groups (broad SMARTS) is 1. The van der Waals surface area contributed by atoms with Crippen molar-refractivity contribution < 1.29 is 23.4 Å². The molecule has 8 heteroatoms. The van der Waals surface area contributed by atoms with E-state index in [4.69, 9.17) is 10.2 Å². The third kappa shape index (κ3) is 3.77. The van der Waals surface area contributed by atoms with Crippen molar-refractivity contribution >= 4 is 27.3 Å². The van der Waals surface area contributed by atoms with Gasteiger partial charge in [-0.2, -0.15) is 4.72 Å². The molecule has 1 unspecified atom stereocenters. The molecule has 0 aliphatic heterocycles. The lowest BCUT2D eigenvalue weighted by atomic mass is 10.2. The van der Waals surface area contributed by atoms with Gasteiger partial charge in [-0.1, -0.05) is 6.92 Å². The van der Waals surface area contributed by atoms with Crippen molar-refractivity contribution in [2.45, 2.75) is 30.0 Å². The molecule has 0 saturated carbocycles. The first-order valence-corrected chi connectivity index (χ1v) is 7.65. The first kappa shape index (κ1) is 15.1. The van der Waals surface area contributed by atoms with Crippen LogP contribution in [-0.2, 0) is 21.2 Å². The fourth-order valence-electron chi connectivity index (χ4n) is 1.30. The maximum absolute atomic E-state index is 11.9. The van der Waals surface area contributed by atoms with Gasteiger partial charge in [0, 0.05) is 11.5 Å². The fraction of sp³-hybridized carbons (Fsp3) is 0.500. The average molecular weight is 293 g/mol. The third-order valence-corrected chi connectivity index (χ3v) is 5.46. The van der Waals surface area contributed by atoms with Gasteiger partial charge in [0.25, 0.3) is 10.0 Å². The van der Waals surface area contributed by atoms with E-state index in [1.165, 1.54) is 6.07 Å². The number of aliphatic carboxylic acids is 1. The zero-order chi connectivity index (χ0) is 13.8. The number of aliphatic hydroxyl groups excluding tert-OH is 1. The highest BCUT2D eigenvalue weighted by Crippen LogP contribution is 2.22. The minimum atomic E-state index is -3.84. The van der Waals surface area contributed by atoms with Gasteiger partial charge in [-0.3, -0.25) is 4.79 Å². The molecular formula is C10H15NO5S2. The first-order chi connectivity index (χ1) is 8.40. The average Bonchev–Trinajstić information content (AvgIpc) is 2.77. The molecule has 1 heterocycles. The van der Waals surface area contributed by atoms with Crippen LogP contribution >= 0.6 is 11.3 Å². The van der Waals surface area contributed by atoms with E-state index in [2.05, 4.69) is 4.72 Å². The maximum Gasteiger partial charge on any atom is 0.321 e. The van der Waals surface area contributed by atoms with Crippen molar-refractivity contribution in [3.05, 3.63) is 17.0 Å². The Morgan fingerprint density at radius 1 is 1.50 bits per heavy atom. The third-order valence-electron chi connectivity index (χ3n) is 2.26. The van der Waals surface area contributed by atoms with E-state index in [-0.39, 0.29) is 10.6 Å². The van der Waals surface area contributed by atoms with E-state index in [9.17, 15) is 13.2 Å². The SMILES string of the molecule is CCc1ccc(S(=O)(=O)NC(CCO)C(=O)O)s1. The second-order valence-electron chi connectivity index (χ2n) is 3.60. The van der Waals surface area contributed by atoms with Crippen LogP contribution in [-0.4, -0.2) is 37.2 Å². The minimum Gasteiger partial charge on any atom is -0.480 e. The molecule has 0 aromatic carbocycles. The topological polar surface area (TPSA) is 104 Å². The number of nitrogens with one attached hydrogen (secondary N) is 1. The fourth-order valence-corrected chi connectivity index (χ4v) is 3.84. The van der Waals surface area contributed by atoms with Crippen molar-refractivity contribution in [1.29, 1.82) is 0 Å². The van der Waals surface area contributed by atoms with E-state index in [0.29, 0.717) is 0 Å². The van der Waals surface area contributed by atoms with Crippen LogP contribution in [0.1, 0.15) is 18.2 Å². The molecule has 0 bridgehead atoms. The van der Waals surface area contributed by atoms with E-state index < -0.39 is 28.6 Å². The summed E-state index contributed by atoms with van der Waals surface area (Å²) < 4.78 is 26.0. The molecule has 0 amide bonds. The molecule has 0 spiro atoms. The van der Waals surface area contributed by atoms with Crippen molar-refractivity contribution in [1.82, 2.24) is 4.72 Å². The van der Waals surface area contributed by atoms with Crippen molar-refractivity contribution in [2.75, 3.05) is 6.61 Å². The Bertz CT molecular complexity index is 508. The predicted octanol–water partition coefficient (Wildman–Crippen LogP) is 0.424. The normalized spacial score (nSPS) is 13.4. The number of carboxylic acids is 1. The van der Waals surface area contributed by atoms with Gasteiger partial charge in [-0.25, -0.2) is 8.42 Å². The molecule has 6 nitrogen and oxygen atoms in total. The van der Waals surface area contributed by atoms with Crippen LogP contribution in [0.25, 0.3) is 0 Å². The monoisotopic (exact) mass is 293 g/mol. The van der Waals surface area contributed by atoms with Gasteiger partial charge in [0.1, 0.15) is 10.3 Å². The van der Waals surface area contributed by atoms with Gasteiger partial charge in [0.05, 0.1) is 0 Å². The zero-order valence-corrected chi connectivity index (χ0v) is 11.4. The summed E-state index contributed by atoms with van der Waals surface area (Å²) in [5.41, 5.74) is 0. The summed E-state index contributed by atoms with van der Waals surface area (Å²) in [5, 5.41) is 17.5. The van der Waals surface area contributed by atoms with Gasteiger partial charge in [0.15, 0.2) is 0 Å². The molecule has 0 aliphatic rings. The van der Waals surface area contributed by atoms with E-state index in [1.807, 2.05) is 6.92 Å². The van der Waals surface area contributed by atoms with Gasteiger partial charge in [-0.15, -0.1) is 11.3 Å². The molecule has 18 heavy (non-hydrogen) atoms. The largest absolute Gasteiger partial charge is 0.480 e. The molecule has 3 N–H and O–H groups in total. The molecule has 1 aromatic rings. The van der Waals surface area contributed by atoms with Gasteiger partial charge in [-0.05, 0) is 25.0 Å². The first-order valence-electron chi connectivity index (χ1n) is 5.35. The Balaban J connectivity index is 2.89. The number of aliphatic hydroxyl groups is 1. The summed E-state index contributed by atoms with van der Waals surface area (Å²) in [6.45, 7) is 1.51. The molecule has 1 rings (SSSR count). The van der Waals surface area contributed by atoms with Crippen molar-refractivity contribution in [3.63, 3.8) is 0 Å². The number of rotatable bonds is 7. The lowest BCUT2D eigenvalue weighted by molar-refractivity contribution is -0.139. The summed E-state index contributed by atoms with van der Waals surface area (Å²) in [7, 11) is -3.84. The van der Waals surface area contributed by atoms with Crippen LogP contribution in [0.2, 0.25) is 0 Å². The lowest BCUT2D eigenvalue weighted by Crippen LogP contribution is -2.41. The zero-order valence-electron chi connectivity index (χ0n) is 9.79. The van der Waals surface area contributed by atoms with Crippen LogP contribution in [0.4, 0.5) is 0 Å². The predicted molar refractivity (Wildman–Crippen MR) is 67.1 cm³/mol. The second kappa shape index (κ2) is 6.28. The maximum atomic E-state index is 11.9. The molecule has 0 radical (unpaired) electrons. The number of sulfonamides is 1. The van der Waals surface area contributed by atoms with E-state index in [0.717, 1.165) is 22.6 Å². The minimum absolute atomic E-state index is 0.0866. The van der Waals surface area contributed by atoms with E-state index >= 15 is 0 Å². The van der Waals surface area contributed by atoms with Gasteiger partial charge < -0.3 is 10.2 Å². The summed E-state index contributed by atoms with van der Waals surface area (Å²) in [4.78, 5) is 11.7.